The van der Waals surface area contributed by atoms with E-state index in [1.165, 1.54) is 11.8 Å². The Bertz CT molecular complexity index is 845. The monoisotopic (exact) mass is 416 g/mol. The van der Waals surface area contributed by atoms with Crippen LogP contribution in [0.25, 0.3) is 0 Å². The van der Waals surface area contributed by atoms with Crippen molar-refractivity contribution in [3.8, 4) is 0 Å². The molecule has 1 aliphatic heterocycles. The summed E-state index contributed by atoms with van der Waals surface area (Å²) in [6, 6.07) is 17.3. The first-order valence-corrected chi connectivity index (χ1v) is 10.6. The lowest BCUT2D eigenvalue weighted by Crippen LogP contribution is -2.33. The van der Waals surface area contributed by atoms with E-state index in [0.29, 0.717) is 6.54 Å². The molecule has 1 heterocycles. The van der Waals surface area contributed by atoms with Crippen LogP contribution in [-0.4, -0.2) is 41.9 Å². The Morgan fingerprint density at radius 2 is 1.86 bits per heavy atom. The molecule has 6 nitrogen and oxygen atoms in total. The summed E-state index contributed by atoms with van der Waals surface area (Å²) in [6.45, 7) is 0.137. The molecule has 0 saturated carbocycles. The largest absolute Gasteiger partial charge is 0.456 e. The second kappa shape index (κ2) is 10.2. The fourth-order valence-electron chi connectivity index (χ4n) is 2.51. The molecule has 0 spiro atoms. The summed E-state index contributed by atoms with van der Waals surface area (Å²) in [5.74, 6) is -0.431. The second-order valence-electron chi connectivity index (χ2n) is 5.97. The van der Waals surface area contributed by atoms with E-state index in [-0.39, 0.29) is 24.8 Å². The van der Waals surface area contributed by atoms with Crippen LogP contribution in [0.1, 0.15) is 6.42 Å². The Balaban J connectivity index is 1.34. The highest BCUT2D eigenvalue weighted by atomic mass is 32.2. The fraction of sp³-hybridized carbons (Fsp3) is 0.250. The van der Waals surface area contributed by atoms with Gasteiger partial charge in [-0.05, 0) is 24.3 Å². The number of fused-ring (bicyclic) bond motifs is 1. The zero-order chi connectivity index (χ0) is 19.8. The summed E-state index contributed by atoms with van der Waals surface area (Å²) < 4.78 is 5.01. The van der Waals surface area contributed by atoms with Gasteiger partial charge in [-0.25, -0.2) is 0 Å². The lowest BCUT2D eigenvalue weighted by molar-refractivity contribution is -0.148. The van der Waals surface area contributed by atoms with E-state index in [2.05, 4.69) is 10.6 Å². The van der Waals surface area contributed by atoms with Crippen molar-refractivity contribution in [2.75, 3.05) is 24.2 Å². The first-order valence-electron chi connectivity index (χ1n) is 8.78. The van der Waals surface area contributed by atoms with Crippen molar-refractivity contribution in [3.05, 3.63) is 54.6 Å². The molecule has 2 N–H and O–H groups in total. The van der Waals surface area contributed by atoms with Crippen molar-refractivity contribution in [1.29, 1.82) is 0 Å². The highest BCUT2D eigenvalue weighted by Gasteiger charge is 2.29. The van der Waals surface area contributed by atoms with Crippen LogP contribution in [0.2, 0.25) is 0 Å². The number of thioether (sulfide) groups is 2. The van der Waals surface area contributed by atoms with Gasteiger partial charge in [0.1, 0.15) is 0 Å². The van der Waals surface area contributed by atoms with Gasteiger partial charge in [0.15, 0.2) is 6.61 Å². The minimum Gasteiger partial charge on any atom is -0.456 e. The van der Waals surface area contributed by atoms with Gasteiger partial charge in [0.05, 0.1) is 17.4 Å². The normalized spacial score (nSPS) is 15.3. The minimum atomic E-state index is -0.569. The molecule has 0 aromatic heterocycles. The Kier molecular flexibility index (Phi) is 7.39. The zero-order valence-corrected chi connectivity index (χ0v) is 16.7. The van der Waals surface area contributed by atoms with E-state index >= 15 is 0 Å². The number of hydrogen-bond donors (Lipinski definition) is 2. The molecule has 0 bridgehead atoms. The summed E-state index contributed by atoms with van der Waals surface area (Å²) >= 11 is 2.96. The number of anilines is 1. The van der Waals surface area contributed by atoms with Gasteiger partial charge >= 0.3 is 5.97 Å². The Morgan fingerprint density at radius 3 is 2.68 bits per heavy atom. The average molecular weight is 417 g/mol. The molecule has 8 heteroatoms. The Labute approximate surface area is 171 Å². The van der Waals surface area contributed by atoms with E-state index in [1.807, 2.05) is 54.6 Å². The van der Waals surface area contributed by atoms with E-state index in [1.54, 1.807) is 11.8 Å². The lowest BCUT2D eigenvalue weighted by Gasteiger charge is -2.23. The van der Waals surface area contributed by atoms with Crippen LogP contribution in [0.15, 0.2) is 64.4 Å². The molecule has 28 heavy (non-hydrogen) atoms. The first-order chi connectivity index (χ1) is 13.6. The topological polar surface area (TPSA) is 84.5 Å². The van der Waals surface area contributed by atoms with E-state index in [9.17, 15) is 14.4 Å². The first kappa shape index (κ1) is 20.3. The van der Waals surface area contributed by atoms with Gasteiger partial charge in [-0.3, -0.25) is 14.4 Å². The van der Waals surface area contributed by atoms with Crippen LogP contribution in [-0.2, 0) is 19.1 Å². The summed E-state index contributed by atoms with van der Waals surface area (Å²) in [7, 11) is 0. The molecule has 146 valence electrons. The van der Waals surface area contributed by atoms with Crippen molar-refractivity contribution < 1.29 is 19.1 Å². The van der Waals surface area contributed by atoms with Gasteiger partial charge in [-0.15, -0.1) is 23.5 Å². The van der Waals surface area contributed by atoms with Crippen LogP contribution in [0.4, 0.5) is 5.69 Å². The maximum atomic E-state index is 12.1. The number of esters is 1. The maximum Gasteiger partial charge on any atom is 0.307 e. The van der Waals surface area contributed by atoms with Crippen molar-refractivity contribution in [1.82, 2.24) is 5.32 Å². The van der Waals surface area contributed by atoms with Crippen molar-refractivity contribution in [2.45, 2.75) is 21.5 Å². The van der Waals surface area contributed by atoms with Gasteiger partial charge in [-0.1, -0.05) is 30.3 Å². The van der Waals surface area contributed by atoms with Gasteiger partial charge < -0.3 is 15.4 Å². The zero-order valence-electron chi connectivity index (χ0n) is 15.1. The SMILES string of the molecule is O=C(COC(=O)C[C@@H]1Sc2ccccc2NC1=O)NCCSc1ccccc1. The molecule has 0 radical (unpaired) electrons. The van der Waals surface area contributed by atoms with Crippen LogP contribution >= 0.6 is 23.5 Å². The van der Waals surface area contributed by atoms with E-state index in [4.69, 9.17) is 4.74 Å². The third-order valence-corrected chi connectivity index (χ3v) is 6.15. The molecule has 0 fully saturated rings. The highest BCUT2D eigenvalue weighted by molar-refractivity contribution is 8.01. The number of benzene rings is 2. The van der Waals surface area contributed by atoms with Gasteiger partial charge in [0.25, 0.3) is 5.91 Å². The summed E-state index contributed by atoms with van der Waals surface area (Å²) in [5, 5.41) is 4.93. The minimum absolute atomic E-state index is 0.0814. The lowest BCUT2D eigenvalue weighted by atomic mass is 10.2. The number of carbonyl (C=O) groups is 3. The van der Waals surface area contributed by atoms with Crippen LogP contribution < -0.4 is 10.6 Å². The number of rotatable bonds is 8. The van der Waals surface area contributed by atoms with E-state index < -0.39 is 11.2 Å². The fourth-order valence-corrected chi connectivity index (χ4v) is 4.39. The predicted octanol–water partition coefficient (Wildman–Crippen LogP) is 2.94. The molecule has 0 saturated heterocycles. The molecular weight excluding hydrogens is 396 g/mol. The number of nitrogens with one attached hydrogen (secondary N) is 2. The smallest absolute Gasteiger partial charge is 0.307 e. The number of carbonyl (C=O) groups excluding carboxylic acids is 3. The van der Waals surface area contributed by atoms with Crippen molar-refractivity contribution >= 4 is 47.0 Å². The van der Waals surface area contributed by atoms with Crippen LogP contribution in [0.3, 0.4) is 0 Å². The molecule has 2 aromatic carbocycles. The number of amides is 2. The Morgan fingerprint density at radius 1 is 1.11 bits per heavy atom. The summed E-state index contributed by atoms with van der Waals surface area (Å²) in [4.78, 5) is 37.9. The average Bonchev–Trinajstić information content (AvgIpc) is 2.71. The number of para-hydroxylation sites is 1. The van der Waals surface area contributed by atoms with Crippen LogP contribution in [0.5, 0.6) is 0 Å². The van der Waals surface area contributed by atoms with Gasteiger partial charge in [0, 0.05) is 22.1 Å². The molecule has 2 amide bonds. The van der Waals surface area contributed by atoms with E-state index in [0.717, 1.165) is 21.2 Å². The van der Waals surface area contributed by atoms with Crippen LogP contribution in [0, 0.1) is 0 Å². The predicted molar refractivity (Wildman–Crippen MR) is 110 cm³/mol. The summed E-state index contributed by atoms with van der Waals surface area (Å²) in [6.07, 6.45) is -0.0814. The Hall–Kier alpha value is -2.45. The third-order valence-electron chi connectivity index (χ3n) is 3.86. The van der Waals surface area contributed by atoms with Gasteiger partial charge in [0.2, 0.25) is 5.91 Å². The van der Waals surface area contributed by atoms with Crippen molar-refractivity contribution in [2.24, 2.45) is 0 Å². The number of ether oxygens (including phenoxy) is 1. The number of hydrogen-bond acceptors (Lipinski definition) is 6. The quantitative estimate of drug-likeness (QED) is 0.391. The molecular formula is C20H20N2O4S2. The van der Waals surface area contributed by atoms with Crippen molar-refractivity contribution in [3.63, 3.8) is 0 Å². The molecule has 0 unspecified atom stereocenters. The molecule has 3 rings (SSSR count). The summed E-state index contributed by atoms with van der Waals surface area (Å²) in [5.41, 5.74) is 0.745. The maximum absolute atomic E-state index is 12.1. The molecule has 2 aromatic rings. The molecule has 0 aliphatic carbocycles. The highest BCUT2D eigenvalue weighted by Crippen LogP contribution is 2.36. The standard InChI is InChI=1S/C20H20N2O4S2/c23-18(21-10-11-27-14-6-2-1-3-7-14)13-26-19(24)12-17-20(25)22-15-8-4-5-9-16(15)28-17/h1-9,17H,10-13H2,(H,21,23)(H,22,25)/t17-/m0/s1. The molecule has 1 atom stereocenters. The second-order valence-corrected chi connectivity index (χ2v) is 8.38. The van der Waals surface area contributed by atoms with Gasteiger partial charge in [-0.2, -0.15) is 0 Å². The third kappa shape index (κ3) is 6.03. The molecule has 1 aliphatic rings.